The van der Waals surface area contributed by atoms with Crippen LogP contribution in [-0.4, -0.2) is 37.0 Å². The highest BCUT2D eigenvalue weighted by Crippen LogP contribution is 2.07. The van der Waals surface area contributed by atoms with Crippen LogP contribution >= 0.6 is 0 Å². The van der Waals surface area contributed by atoms with Crippen LogP contribution in [0.25, 0.3) is 0 Å². The molecule has 1 aromatic carbocycles. The van der Waals surface area contributed by atoms with Crippen LogP contribution in [-0.2, 0) is 6.54 Å². The third-order valence-corrected chi connectivity index (χ3v) is 3.58. The topological polar surface area (TPSA) is 58.4 Å². The Morgan fingerprint density at radius 1 is 1.42 bits per heavy atom. The number of amides is 1. The molecule has 0 fully saturated rings. The maximum absolute atomic E-state index is 11.3. The zero-order valence-electron chi connectivity index (χ0n) is 12.1. The number of hydrogen-bond donors (Lipinski definition) is 2. The molecule has 4 heteroatoms. The summed E-state index contributed by atoms with van der Waals surface area (Å²) in [4.78, 5) is 13.6. The summed E-state index contributed by atoms with van der Waals surface area (Å²) < 4.78 is 0. The molecule has 1 amide bonds. The largest absolute Gasteiger partial charge is 0.366 e. The second-order valence-electron chi connectivity index (χ2n) is 4.94. The Hall–Kier alpha value is -1.39. The molecular weight excluding hydrogens is 238 g/mol. The number of hydrogen-bond acceptors (Lipinski definition) is 3. The first-order chi connectivity index (χ1) is 9.06. The van der Waals surface area contributed by atoms with E-state index in [9.17, 15) is 4.79 Å². The molecule has 0 aliphatic carbocycles. The van der Waals surface area contributed by atoms with E-state index in [1.54, 1.807) is 6.07 Å². The lowest BCUT2D eigenvalue weighted by atomic mass is 10.1. The van der Waals surface area contributed by atoms with Gasteiger partial charge in [0.05, 0.1) is 0 Å². The van der Waals surface area contributed by atoms with E-state index in [0.29, 0.717) is 18.2 Å². The van der Waals surface area contributed by atoms with Crippen molar-refractivity contribution in [1.29, 1.82) is 0 Å². The number of nitrogens with two attached hydrogens (primary N) is 1. The van der Waals surface area contributed by atoms with Crippen LogP contribution in [0.2, 0.25) is 0 Å². The second-order valence-corrected chi connectivity index (χ2v) is 4.94. The molecule has 0 radical (unpaired) electrons. The Kier molecular flexibility index (Phi) is 6.53. The predicted molar refractivity (Wildman–Crippen MR) is 79.0 cm³/mol. The molecule has 0 saturated carbocycles. The maximum Gasteiger partial charge on any atom is 0.249 e. The summed E-state index contributed by atoms with van der Waals surface area (Å²) in [6.45, 7) is 6.98. The van der Waals surface area contributed by atoms with Crippen molar-refractivity contribution in [1.82, 2.24) is 10.2 Å². The van der Waals surface area contributed by atoms with Crippen LogP contribution in [0.1, 0.15) is 36.2 Å². The van der Waals surface area contributed by atoms with Crippen molar-refractivity contribution in [3.63, 3.8) is 0 Å². The number of primary amides is 1. The van der Waals surface area contributed by atoms with E-state index in [4.69, 9.17) is 5.73 Å². The molecule has 3 N–H and O–H groups in total. The van der Waals surface area contributed by atoms with Crippen molar-refractivity contribution < 1.29 is 4.79 Å². The van der Waals surface area contributed by atoms with Crippen LogP contribution in [0, 0.1) is 0 Å². The number of nitrogens with one attached hydrogen (secondary N) is 1. The van der Waals surface area contributed by atoms with Gasteiger partial charge in [-0.1, -0.05) is 25.1 Å². The van der Waals surface area contributed by atoms with Crippen LogP contribution in [0.3, 0.4) is 0 Å². The van der Waals surface area contributed by atoms with E-state index < -0.39 is 0 Å². The van der Waals surface area contributed by atoms with Gasteiger partial charge in [0.25, 0.3) is 0 Å². The lowest BCUT2D eigenvalue weighted by Crippen LogP contribution is -2.35. The van der Waals surface area contributed by atoms with Gasteiger partial charge in [0.1, 0.15) is 0 Å². The van der Waals surface area contributed by atoms with Crippen LogP contribution in [0.4, 0.5) is 0 Å². The van der Waals surface area contributed by atoms with Crippen molar-refractivity contribution in [3.05, 3.63) is 35.4 Å². The van der Waals surface area contributed by atoms with Crippen molar-refractivity contribution in [2.45, 2.75) is 32.9 Å². The Labute approximate surface area is 116 Å². The van der Waals surface area contributed by atoms with Gasteiger partial charge in [-0.2, -0.15) is 0 Å². The lowest BCUT2D eigenvalue weighted by molar-refractivity contribution is 0.0999. The normalized spacial score (nSPS) is 12.6. The van der Waals surface area contributed by atoms with Gasteiger partial charge >= 0.3 is 0 Å². The SMILES string of the molecule is CCC(C)N(C)CCNCc1ccccc1C(N)=O. The number of carbonyl (C=O) groups excluding carboxylic acids is 1. The molecule has 0 saturated heterocycles. The van der Waals surface area contributed by atoms with Gasteiger partial charge in [0, 0.05) is 31.2 Å². The average Bonchev–Trinajstić information content (AvgIpc) is 2.42. The minimum absolute atomic E-state index is 0.367. The van der Waals surface area contributed by atoms with Crippen molar-refractivity contribution >= 4 is 5.91 Å². The molecular formula is C15H25N3O. The standard InChI is InChI=1S/C15H25N3O/c1-4-12(2)18(3)10-9-17-11-13-7-5-6-8-14(13)15(16)19/h5-8,12,17H,4,9-11H2,1-3H3,(H2,16,19). The highest BCUT2D eigenvalue weighted by molar-refractivity contribution is 5.94. The molecule has 0 aromatic heterocycles. The van der Waals surface area contributed by atoms with Crippen molar-refractivity contribution in [2.75, 3.05) is 20.1 Å². The maximum atomic E-state index is 11.3. The van der Waals surface area contributed by atoms with Gasteiger partial charge in [-0.3, -0.25) is 4.79 Å². The first kappa shape index (κ1) is 15.7. The van der Waals surface area contributed by atoms with Crippen LogP contribution in [0.15, 0.2) is 24.3 Å². The van der Waals surface area contributed by atoms with E-state index in [1.165, 1.54) is 0 Å². The summed E-state index contributed by atoms with van der Waals surface area (Å²) in [5.41, 5.74) is 6.91. The molecule has 1 unspecified atom stereocenters. The van der Waals surface area contributed by atoms with E-state index in [2.05, 4.69) is 31.1 Å². The fourth-order valence-electron chi connectivity index (χ4n) is 1.93. The zero-order valence-corrected chi connectivity index (χ0v) is 12.1. The summed E-state index contributed by atoms with van der Waals surface area (Å²) in [5.74, 6) is -0.367. The summed E-state index contributed by atoms with van der Waals surface area (Å²) >= 11 is 0. The first-order valence-corrected chi connectivity index (χ1v) is 6.85. The number of nitrogens with zero attached hydrogens (tertiary/aromatic N) is 1. The van der Waals surface area contributed by atoms with Gasteiger partial charge in [-0.15, -0.1) is 0 Å². The lowest BCUT2D eigenvalue weighted by Gasteiger charge is -2.23. The first-order valence-electron chi connectivity index (χ1n) is 6.85. The monoisotopic (exact) mass is 263 g/mol. The Morgan fingerprint density at radius 2 is 2.11 bits per heavy atom. The van der Waals surface area contributed by atoms with Gasteiger partial charge < -0.3 is 16.0 Å². The van der Waals surface area contributed by atoms with E-state index in [-0.39, 0.29) is 5.91 Å². The van der Waals surface area contributed by atoms with Gasteiger partial charge in [-0.25, -0.2) is 0 Å². The number of carbonyl (C=O) groups is 1. The molecule has 4 nitrogen and oxygen atoms in total. The smallest absolute Gasteiger partial charge is 0.249 e. The van der Waals surface area contributed by atoms with E-state index in [0.717, 1.165) is 25.1 Å². The summed E-state index contributed by atoms with van der Waals surface area (Å²) in [6, 6.07) is 8.06. The van der Waals surface area contributed by atoms with Crippen LogP contribution < -0.4 is 11.1 Å². The highest BCUT2D eigenvalue weighted by atomic mass is 16.1. The third kappa shape index (κ3) is 5.01. The van der Waals surface area contributed by atoms with Gasteiger partial charge in [-0.05, 0) is 32.0 Å². The predicted octanol–water partition coefficient (Wildman–Crippen LogP) is 1.61. The quantitative estimate of drug-likeness (QED) is 0.701. The fraction of sp³-hybridized carbons (Fsp3) is 0.533. The Bertz CT molecular complexity index is 406. The van der Waals surface area contributed by atoms with Gasteiger partial charge in [0.2, 0.25) is 5.91 Å². The molecule has 0 bridgehead atoms. The molecule has 1 rings (SSSR count). The third-order valence-electron chi connectivity index (χ3n) is 3.58. The average molecular weight is 263 g/mol. The van der Waals surface area contributed by atoms with Gasteiger partial charge in [0.15, 0.2) is 0 Å². The van der Waals surface area contributed by atoms with Crippen molar-refractivity contribution in [3.8, 4) is 0 Å². The van der Waals surface area contributed by atoms with Crippen molar-refractivity contribution in [2.24, 2.45) is 5.73 Å². The number of rotatable bonds is 8. The molecule has 1 atom stereocenters. The molecule has 0 heterocycles. The minimum Gasteiger partial charge on any atom is -0.366 e. The summed E-state index contributed by atoms with van der Waals surface area (Å²) in [6.07, 6.45) is 1.15. The van der Waals surface area contributed by atoms with E-state index >= 15 is 0 Å². The minimum atomic E-state index is -0.367. The molecule has 0 spiro atoms. The fourth-order valence-corrected chi connectivity index (χ4v) is 1.93. The zero-order chi connectivity index (χ0) is 14.3. The Morgan fingerprint density at radius 3 is 2.74 bits per heavy atom. The molecule has 0 aliphatic heterocycles. The number of benzene rings is 1. The highest BCUT2D eigenvalue weighted by Gasteiger charge is 2.08. The van der Waals surface area contributed by atoms with Crippen LogP contribution in [0.5, 0.6) is 0 Å². The summed E-state index contributed by atoms with van der Waals surface area (Å²) in [5, 5.41) is 3.36. The molecule has 106 valence electrons. The van der Waals surface area contributed by atoms with E-state index in [1.807, 2.05) is 18.2 Å². The second kappa shape index (κ2) is 7.92. The number of likely N-dealkylation sites (N-methyl/N-ethyl adjacent to an activating group) is 1. The molecule has 1 aromatic rings. The molecule has 19 heavy (non-hydrogen) atoms. The molecule has 0 aliphatic rings. The Balaban J connectivity index is 2.40. The summed E-state index contributed by atoms with van der Waals surface area (Å²) in [7, 11) is 2.13.